The zero-order valence-electron chi connectivity index (χ0n) is 50.4. The Hall–Kier alpha value is -1.65. The predicted octanol–water partition coefficient (Wildman–Crippen LogP) is 22.9. The van der Waals surface area contributed by atoms with Crippen LogP contribution in [0.15, 0.2) is 48.6 Å². The van der Waals surface area contributed by atoms with Crippen LogP contribution < -0.4 is 5.32 Å². The number of carbonyl (C=O) groups is 1. The van der Waals surface area contributed by atoms with Gasteiger partial charge in [-0.3, -0.25) is 4.79 Å². The molecule has 0 heterocycles. The molecule has 0 rings (SSSR count). The van der Waals surface area contributed by atoms with Crippen LogP contribution in [0.2, 0.25) is 0 Å². The van der Waals surface area contributed by atoms with E-state index >= 15 is 0 Å². The van der Waals surface area contributed by atoms with Crippen LogP contribution in [0, 0.1) is 0 Å². The van der Waals surface area contributed by atoms with Gasteiger partial charge in [0.15, 0.2) is 0 Å². The molecule has 0 aliphatic carbocycles. The molecule has 0 aromatic rings. The molecule has 0 spiro atoms. The van der Waals surface area contributed by atoms with Gasteiger partial charge >= 0.3 is 0 Å². The van der Waals surface area contributed by atoms with Crippen molar-refractivity contribution in [2.45, 2.75) is 386 Å². The van der Waals surface area contributed by atoms with Crippen LogP contribution in [0.4, 0.5) is 0 Å². The fourth-order valence-electron chi connectivity index (χ4n) is 10.8. The van der Waals surface area contributed by atoms with E-state index in [1.165, 1.54) is 295 Å². The molecule has 0 aliphatic heterocycles. The molecule has 0 radical (unpaired) electrons. The van der Waals surface area contributed by atoms with Gasteiger partial charge in [-0.15, -0.1) is 0 Å². The number of allylic oxidation sites excluding steroid dienone is 8. The van der Waals surface area contributed by atoms with Gasteiger partial charge < -0.3 is 15.5 Å². The maximum absolute atomic E-state index is 12.5. The predicted molar refractivity (Wildman–Crippen MR) is 331 cm³/mol. The molecule has 0 saturated heterocycles. The molecule has 0 aromatic carbocycles. The van der Waals surface area contributed by atoms with Crippen molar-refractivity contribution in [1.82, 2.24) is 5.32 Å². The fourth-order valence-corrected chi connectivity index (χ4v) is 10.8. The number of aliphatic hydroxyl groups is 2. The lowest BCUT2D eigenvalue weighted by molar-refractivity contribution is -0.123. The van der Waals surface area contributed by atoms with E-state index in [0.29, 0.717) is 12.8 Å². The zero-order chi connectivity index (χ0) is 53.4. The molecule has 3 N–H and O–H groups in total. The number of aliphatic hydroxyl groups excluding tert-OH is 2. The third-order valence-electron chi connectivity index (χ3n) is 15.9. The van der Waals surface area contributed by atoms with Crippen molar-refractivity contribution >= 4 is 5.91 Å². The van der Waals surface area contributed by atoms with Crippen LogP contribution in [-0.2, 0) is 4.79 Å². The van der Waals surface area contributed by atoms with Crippen LogP contribution >= 0.6 is 0 Å². The second-order valence-corrected chi connectivity index (χ2v) is 23.2. The maximum atomic E-state index is 12.5. The first kappa shape index (κ1) is 72.3. The van der Waals surface area contributed by atoms with Gasteiger partial charge in [0.2, 0.25) is 5.91 Å². The first-order valence-corrected chi connectivity index (χ1v) is 33.8. The molecule has 0 aliphatic rings. The molecule has 436 valence electrons. The van der Waals surface area contributed by atoms with Gasteiger partial charge in [-0.25, -0.2) is 0 Å². The van der Waals surface area contributed by atoms with Crippen molar-refractivity contribution in [3.63, 3.8) is 0 Å². The molecule has 74 heavy (non-hydrogen) atoms. The Balaban J connectivity index is 3.37. The summed E-state index contributed by atoms with van der Waals surface area (Å²) < 4.78 is 0. The van der Waals surface area contributed by atoms with Crippen molar-refractivity contribution in [3.8, 4) is 0 Å². The lowest BCUT2D eigenvalue weighted by Crippen LogP contribution is -2.45. The molecule has 0 aromatic heterocycles. The van der Waals surface area contributed by atoms with Gasteiger partial charge in [-0.05, 0) is 51.4 Å². The quantitative estimate of drug-likeness (QED) is 0.0420. The van der Waals surface area contributed by atoms with E-state index in [-0.39, 0.29) is 12.5 Å². The fraction of sp³-hybridized carbons (Fsp3) is 0.871. The van der Waals surface area contributed by atoms with Gasteiger partial charge in [0, 0.05) is 6.42 Å². The summed E-state index contributed by atoms with van der Waals surface area (Å²) in [6.45, 7) is 4.29. The van der Waals surface area contributed by atoms with E-state index in [1.807, 2.05) is 0 Å². The minimum absolute atomic E-state index is 0.0228. The summed E-state index contributed by atoms with van der Waals surface area (Å²) in [5, 5.41) is 23.4. The van der Waals surface area contributed by atoms with Crippen molar-refractivity contribution in [3.05, 3.63) is 48.6 Å². The Morgan fingerprint density at radius 2 is 0.595 bits per heavy atom. The standard InChI is InChI=1S/C70H133NO3/c1-3-5-7-9-11-13-15-17-19-21-23-25-27-28-29-30-31-32-33-34-35-36-37-38-39-40-41-42-44-46-48-50-52-54-56-58-60-62-64-66-70(74)71-68(67-72)69(73)65-63-61-59-57-55-53-51-49-47-45-43-26-24-22-20-18-16-14-12-10-8-6-4-2/h5,7,11,13,17,19,23,25,68-69,72-73H,3-4,6,8-10,12,14-16,18,20-22,24,26-67H2,1-2H3,(H,71,74)/b7-5-,13-11-,19-17-,25-23-. The van der Waals surface area contributed by atoms with E-state index in [2.05, 4.69) is 67.8 Å². The van der Waals surface area contributed by atoms with E-state index in [9.17, 15) is 15.0 Å². The van der Waals surface area contributed by atoms with E-state index < -0.39 is 12.1 Å². The number of unbranched alkanes of at least 4 members (excludes halogenated alkanes) is 48. The largest absolute Gasteiger partial charge is 0.394 e. The van der Waals surface area contributed by atoms with Crippen LogP contribution in [0.3, 0.4) is 0 Å². The second-order valence-electron chi connectivity index (χ2n) is 23.2. The van der Waals surface area contributed by atoms with Crippen molar-refractivity contribution in [1.29, 1.82) is 0 Å². The third kappa shape index (κ3) is 61.2. The molecule has 0 saturated carbocycles. The van der Waals surface area contributed by atoms with Crippen LogP contribution in [0.1, 0.15) is 373 Å². The van der Waals surface area contributed by atoms with Gasteiger partial charge in [-0.1, -0.05) is 364 Å². The zero-order valence-corrected chi connectivity index (χ0v) is 50.4. The summed E-state index contributed by atoms with van der Waals surface area (Å²) >= 11 is 0. The smallest absolute Gasteiger partial charge is 0.220 e. The van der Waals surface area contributed by atoms with Crippen molar-refractivity contribution in [2.75, 3.05) is 6.61 Å². The monoisotopic (exact) mass is 1040 g/mol. The molecule has 2 unspecified atom stereocenters. The Morgan fingerprint density at radius 1 is 0.338 bits per heavy atom. The second kappa shape index (κ2) is 65.6. The minimum Gasteiger partial charge on any atom is -0.394 e. The van der Waals surface area contributed by atoms with E-state index in [4.69, 9.17) is 0 Å². The summed E-state index contributed by atoms with van der Waals surface area (Å²) in [5.41, 5.74) is 0. The van der Waals surface area contributed by atoms with Crippen LogP contribution in [0.25, 0.3) is 0 Å². The SMILES string of the molecule is CC/C=C\C/C=C\C/C=C\C/C=C\CCCCCCCCCCCCCCCCCCCCCCCCCCCCC(=O)NC(CO)C(O)CCCCCCCCCCCCCCCCCCCCCCCCC. The van der Waals surface area contributed by atoms with Crippen molar-refractivity contribution < 1.29 is 15.0 Å². The summed E-state index contributed by atoms with van der Waals surface area (Å²) in [6.07, 6.45) is 91.6. The topological polar surface area (TPSA) is 69.6 Å². The van der Waals surface area contributed by atoms with Crippen LogP contribution in [-0.4, -0.2) is 34.9 Å². The highest BCUT2D eigenvalue weighted by Gasteiger charge is 2.20. The van der Waals surface area contributed by atoms with Crippen molar-refractivity contribution in [2.24, 2.45) is 0 Å². The number of carbonyl (C=O) groups excluding carboxylic acids is 1. The highest BCUT2D eigenvalue weighted by molar-refractivity contribution is 5.76. The first-order chi connectivity index (χ1) is 36.7. The molecule has 1 amide bonds. The first-order valence-electron chi connectivity index (χ1n) is 33.8. The summed E-state index contributed by atoms with van der Waals surface area (Å²) in [5.74, 6) is -0.0228. The number of rotatable bonds is 63. The highest BCUT2D eigenvalue weighted by atomic mass is 16.3. The number of nitrogens with one attached hydrogen (secondary N) is 1. The van der Waals surface area contributed by atoms with Gasteiger partial charge in [-0.2, -0.15) is 0 Å². The molecule has 2 atom stereocenters. The molecule has 4 nitrogen and oxygen atoms in total. The van der Waals surface area contributed by atoms with E-state index in [1.54, 1.807) is 0 Å². The Labute approximate surface area is 464 Å². The number of hydrogen-bond acceptors (Lipinski definition) is 3. The summed E-state index contributed by atoms with van der Waals surface area (Å²) in [6, 6.07) is -0.536. The molecular formula is C70H133NO3. The molecule has 4 heteroatoms. The molecular weight excluding hydrogens is 903 g/mol. The van der Waals surface area contributed by atoms with Gasteiger partial charge in [0.1, 0.15) is 0 Å². The Kier molecular flexibility index (Phi) is 64.2. The number of amides is 1. The van der Waals surface area contributed by atoms with E-state index in [0.717, 1.165) is 51.4 Å². The summed E-state index contributed by atoms with van der Waals surface area (Å²) in [7, 11) is 0. The molecule has 0 bridgehead atoms. The average molecular weight is 1040 g/mol. The number of hydrogen-bond donors (Lipinski definition) is 3. The van der Waals surface area contributed by atoms with Gasteiger partial charge in [0.05, 0.1) is 18.8 Å². The lowest BCUT2D eigenvalue weighted by atomic mass is 10.0. The van der Waals surface area contributed by atoms with Gasteiger partial charge in [0.25, 0.3) is 0 Å². The maximum Gasteiger partial charge on any atom is 0.220 e. The highest BCUT2D eigenvalue weighted by Crippen LogP contribution is 2.19. The third-order valence-corrected chi connectivity index (χ3v) is 15.9. The van der Waals surface area contributed by atoms with Crippen LogP contribution in [0.5, 0.6) is 0 Å². The molecule has 0 fully saturated rings. The Bertz CT molecular complexity index is 1170. The summed E-state index contributed by atoms with van der Waals surface area (Å²) in [4.78, 5) is 12.5. The minimum atomic E-state index is -0.659. The Morgan fingerprint density at radius 3 is 0.892 bits per heavy atom. The lowest BCUT2D eigenvalue weighted by Gasteiger charge is -2.22. The average Bonchev–Trinajstić information content (AvgIpc) is 3.40. The normalized spacial score (nSPS) is 13.0.